The zero-order valence-electron chi connectivity index (χ0n) is 16.9. The second-order valence-corrected chi connectivity index (χ2v) is 8.31. The molecular formula is C21H20FN5O3S. The van der Waals surface area contributed by atoms with Crippen LogP contribution in [0.25, 0.3) is 0 Å². The summed E-state index contributed by atoms with van der Waals surface area (Å²) in [4.78, 5) is 33.4. The molecule has 31 heavy (non-hydrogen) atoms. The van der Waals surface area contributed by atoms with E-state index in [4.69, 9.17) is 10.5 Å². The highest BCUT2D eigenvalue weighted by molar-refractivity contribution is 7.17. The first-order valence-electron chi connectivity index (χ1n) is 9.47. The number of aromatic nitrogens is 2. The molecule has 2 aromatic heterocycles. The lowest BCUT2D eigenvalue weighted by Crippen LogP contribution is -2.17. The molecule has 1 fully saturated rings. The van der Waals surface area contributed by atoms with E-state index in [0.717, 1.165) is 29.7 Å². The van der Waals surface area contributed by atoms with E-state index in [0.29, 0.717) is 16.1 Å². The van der Waals surface area contributed by atoms with E-state index in [1.54, 1.807) is 26.3 Å². The largest absolute Gasteiger partial charge is 0.375 e. The van der Waals surface area contributed by atoms with Crippen molar-refractivity contribution in [3.8, 4) is 0 Å². The predicted octanol–water partition coefficient (Wildman–Crippen LogP) is 3.71. The molecule has 1 aliphatic rings. The van der Waals surface area contributed by atoms with Crippen LogP contribution < -0.4 is 16.4 Å². The number of hydrogen-bond donors (Lipinski definition) is 3. The molecule has 0 saturated heterocycles. The van der Waals surface area contributed by atoms with Gasteiger partial charge in [0.1, 0.15) is 16.5 Å². The number of benzene rings is 1. The van der Waals surface area contributed by atoms with Gasteiger partial charge in [-0.25, -0.2) is 14.4 Å². The Morgan fingerprint density at radius 3 is 2.52 bits per heavy atom. The number of nitrogens with two attached hydrogens (primary N) is 1. The zero-order chi connectivity index (χ0) is 22.2. The van der Waals surface area contributed by atoms with Gasteiger partial charge in [0.15, 0.2) is 5.13 Å². The molecule has 3 aromatic rings. The maximum absolute atomic E-state index is 14.5. The number of hydrogen-bond acceptors (Lipinski definition) is 7. The smallest absolute Gasteiger partial charge is 0.267 e. The van der Waals surface area contributed by atoms with E-state index in [9.17, 15) is 14.0 Å². The van der Waals surface area contributed by atoms with E-state index in [2.05, 4.69) is 20.6 Å². The van der Waals surface area contributed by atoms with Crippen LogP contribution in [-0.4, -0.2) is 28.9 Å². The number of nitrogens with one attached hydrogen (secondary N) is 2. The first-order chi connectivity index (χ1) is 14.8. The second-order valence-electron chi connectivity index (χ2n) is 7.25. The van der Waals surface area contributed by atoms with Crippen molar-refractivity contribution in [1.82, 2.24) is 9.97 Å². The van der Waals surface area contributed by atoms with Gasteiger partial charge in [-0.2, -0.15) is 0 Å². The molecular weight excluding hydrogens is 421 g/mol. The predicted molar refractivity (Wildman–Crippen MR) is 116 cm³/mol. The lowest BCUT2D eigenvalue weighted by Gasteiger charge is -2.14. The van der Waals surface area contributed by atoms with Crippen LogP contribution in [0.15, 0.2) is 36.7 Å². The average molecular weight is 441 g/mol. The van der Waals surface area contributed by atoms with E-state index in [-0.39, 0.29) is 22.1 Å². The Balaban J connectivity index is 1.51. The van der Waals surface area contributed by atoms with Crippen LogP contribution in [0.3, 0.4) is 0 Å². The number of carbonyl (C=O) groups excluding carboxylic acids is 2. The summed E-state index contributed by atoms with van der Waals surface area (Å²) in [5.74, 6) is -1.54. The number of nitrogen functional groups attached to an aromatic ring is 1. The Bertz CT molecular complexity index is 1160. The highest BCUT2D eigenvalue weighted by Crippen LogP contribution is 2.48. The van der Waals surface area contributed by atoms with Gasteiger partial charge in [0.2, 0.25) is 0 Å². The highest BCUT2D eigenvalue weighted by Gasteiger charge is 2.44. The zero-order valence-corrected chi connectivity index (χ0v) is 17.7. The molecule has 1 aromatic carbocycles. The van der Waals surface area contributed by atoms with Gasteiger partial charge in [-0.05, 0) is 43.5 Å². The summed E-state index contributed by atoms with van der Waals surface area (Å²) in [5.41, 5.74) is 6.76. The van der Waals surface area contributed by atoms with Crippen molar-refractivity contribution in [1.29, 1.82) is 0 Å². The number of anilines is 3. The Hall–Kier alpha value is -3.37. The van der Waals surface area contributed by atoms with Gasteiger partial charge in [-0.1, -0.05) is 17.4 Å². The van der Waals surface area contributed by atoms with Crippen molar-refractivity contribution in [3.05, 3.63) is 64.0 Å². The number of pyridine rings is 1. The van der Waals surface area contributed by atoms with Crippen molar-refractivity contribution >= 4 is 39.8 Å². The van der Waals surface area contributed by atoms with Crippen molar-refractivity contribution in [2.75, 3.05) is 23.5 Å². The van der Waals surface area contributed by atoms with Crippen molar-refractivity contribution in [2.24, 2.45) is 0 Å². The first-order valence-corrected chi connectivity index (χ1v) is 10.3. The number of nitrogens with zero attached hydrogens (tertiary/aromatic N) is 2. The lowest BCUT2D eigenvalue weighted by atomic mass is 10.1. The van der Waals surface area contributed by atoms with E-state index in [1.165, 1.54) is 18.3 Å². The third kappa shape index (κ3) is 4.25. The third-order valence-electron chi connectivity index (χ3n) is 5.18. The monoisotopic (exact) mass is 441 g/mol. The van der Waals surface area contributed by atoms with Crippen LogP contribution in [0.1, 0.15) is 44.0 Å². The number of aryl methyl sites for hydroxylation is 1. The fourth-order valence-electron chi connectivity index (χ4n) is 3.20. The minimum absolute atomic E-state index is 0.217. The van der Waals surface area contributed by atoms with Gasteiger partial charge in [-0.3, -0.25) is 9.59 Å². The highest BCUT2D eigenvalue weighted by atomic mass is 32.1. The maximum atomic E-state index is 14.5. The summed E-state index contributed by atoms with van der Waals surface area (Å²) < 4.78 is 20.0. The maximum Gasteiger partial charge on any atom is 0.267 e. The van der Waals surface area contributed by atoms with Gasteiger partial charge < -0.3 is 21.1 Å². The number of carbonyl (C=O) groups is 2. The van der Waals surface area contributed by atoms with E-state index < -0.39 is 17.6 Å². The van der Waals surface area contributed by atoms with Gasteiger partial charge >= 0.3 is 0 Å². The van der Waals surface area contributed by atoms with Gasteiger partial charge in [-0.15, -0.1) is 0 Å². The Kier molecular flexibility index (Phi) is 5.42. The molecule has 0 unspecified atom stereocenters. The van der Waals surface area contributed by atoms with Crippen molar-refractivity contribution < 1.29 is 18.7 Å². The summed E-state index contributed by atoms with van der Waals surface area (Å²) in [6.07, 6.45) is 4.85. The molecule has 0 spiro atoms. The van der Waals surface area contributed by atoms with E-state index in [1.807, 2.05) is 6.07 Å². The second kappa shape index (κ2) is 8.05. The molecule has 10 heteroatoms. The SMILES string of the molecule is COC1(c2ccc(NC(=O)c3cc(NC(=O)c4cnc(N)s4)c(C)cc3F)nc2)CC1. The number of amides is 2. The quantitative estimate of drug-likeness (QED) is 0.537. The molecule has 0 atom stereocenters. The number of methoxy groups -OCH3 is 1. The molecule has 2 amide bonds. The van der Waals surface area contributed by atoms with Crippen LogP contribution in [0.2, 0.25) is 0 Å². The third-order valence-corrected chi connectivity index (χ3v) is 6.01. The van der Waals surface area contributed by atoms with Crippen molar-refractivity contribution in [2.45, 2.75) is 25.4 Å². The number of ether oxygens (including phenoxy) is 1. The summed E-state index contributed by atoms with van der Waals surface area (Å²) >= 11 is 1.03. The Morgan fingerprint density at radius 2 is 1.94 bits per heavy atom. The molecule has 8 nitrogen and oxygen atoms in total. The molecule has 2 heterocycles. The molecule has 1 aliphatic carbocycles. The molecule has 0 bridgehead atoms. The summed E-state index contributed by atoms with van der Waals surface area (Å²) in [5, 5.41) is 5.51. The van der Waals surface area contributed by atoms with Crippen molar-refractivity contribution in [3.63, 3.8) is 0 Å². The lowest BCUT2D eigenvalue weighted by molar-refractivity contribution is 0.0786. The topological polar surface area (TPSA) is 119 Å². The fraction of sp³-hybridized carbons (Fsp3) is 0.238. The van der Waals surface area contributed by atoms with E-state index >= 15 is 0 Å². The minimum Gasteiger partial charge on any atom is -0.375 e. The fourth-order valence-corrected chi connectivity index (χ4v) is 3.78. The van der Waals surface area contributed by atoms with Gasteiger partial charge in [0.25, 0.3) is 11.8 Å². The summed E-state index contributed by atoms with van der Waals surface area (Å²) in [6, 6.07) is 5.96. The normalized spacial score (nSPS) is 14.2. The van der Waals surface area contributed by atoms with Crippen LogP contribution in [0.5, 0.6) is 0 Å². The van der Waals surface area contributed by atoms with Crippen LogP contribution in [0.4, 0.5) is 21.0 Å². The molecule has 0 aliphatic heterocycles. The minimum atomic E-state index is -0.706. The molecule has 0 radical (unpaired) electrons. The summed E-state index contributed by atoms with van der Waals surface area (Å²) in [7, 11) is 1.66. The standard InChI is InChI=1S/C21H20FN5O3S/c1-11-7-14(22)13(8-15(11)26-19(29)16-10-25-20(23)31-16)18(28)27-17-4-3-12(9-24-17)21(30-2)5-6-21/h3-4,7-10H,5-6H2,1-2H3,(H2,23,25)(H,26,29)(H,24,27,28). The Morgan fingerprint density at radius 1 is 1.16 bits per heavy atom. The summed E-state index contributed by atoms with van der Waals surface area (Å²) in [6.45, 7) is 1.63. The van der Waals surface area contributed by atoms with Crippen LogP contribution >= 0.6 is 11.3 Å². The first kappa shape index (κ1) is 20.9. The molecule has 4 N–H and O–H groups in total. The Labute approximate surface area is 181 Å². The average Bonchev–Trinajstić information content (AvgIpc) is 3.43. The molecule has 1 saturated carbocycles. The van der Waals surface area contributed by atoms with Crippen LogP contribution in [0, 0.1) is 12.7 Å². The number of rotatable bonds is 6. The number of halogens is 1. The molecule has 4 rings (SSSR count). The number of thiazole rings is 1. The van der Waals surface area contributed by atoms with Gasteiger partial charge in [0, 0.05) is 24.6 Å². The van der Waals surface area contributed by atoms with Crippen LogP contribution in [-0.2, 0) is 10.3 Å². The van der Waals surface area contributed by atoms with Gasteiger partial charge in [0.05, 0.1) is 17.4 Å². The molecule has 160 valence electrons.